The van der Waals surface area contributed by atoms with E-state index in [1.165, 1.54) is 0 Å². The lowest BCUT2D eigenvalue weighted by Gasteiger charge is -2.12. The summed E-state index contributed by atoms with van der Waals surface area (Å²) >= 11 is 0. The molecule has 0 saturated carbocycles. The van der Waals surface area contributed by atoms with E-state index >= 15 is 0 Å². The van der Waals surface area contributed by atoms with Crippen LogP contribution in [0.1, 0.15) is 13.8 Å². The summed E-state index contributed by atoms with van der Waals surface area (Å²) in [5.41, 5.74) is 0. The highest BCUT2D eigenvalue weighted by Gasteiger charge is 2.12. The summed E-state index contributed by atoms with van der Waals surface area (Å²) < 4.78 is 46.7. The maximum Gasteiger partial charge on any atom is 0.212 e. The highest BCUT2D eigenvalue weighted by Crippen LogP contribution is 1.90. The van der Waals surface area contributed by atoms with Crippen LogP contribution >= 0.6 is 0 Å². The molecule has 0 heterocycles. The molecule has 0 spiro atoms. The minimum atomic E-state index is -3.23. The third-order valence-electron chi connectivity index (χ3n) is 1.78. The van der Waals surface area contributed by atoms with E-state index in [4.69, 9.17) is 0 Å². The number of sulfonamides is 1. The van der Waals surface area contributed by atoms with Crippen molar-refractivity contribution in [2.75, 3.05) is 30.9 Å². The van der Waals surface area contributed by atoms with E-state index in [-0.39, 0.29) is 24.1 Å². The Morgan fingerprint density at radius 1 is 1.19 bits per heavy atom. The van der Waals surface area contributed by atoms with Crippen LogP contribution in [0.2, 0.25) is 0 Å². The minimum Gasteiger partial charge on any atom is -0.312 e. The molecule has 0 aliphatic rings. The first-order valence-electron chi connectivity index (χ1n) is 5.04. The van der Waals surface area contributed by atoms with Gasteiger partial charge in [0.1, 0.15) is 9.84 Å². The van der Waals surface area contributed by atoms with Gasteiger partial charge in [-0.2, -0.15) is 0 Å². The maximum absolute atomic E-state index is 11.2. The Kier molecular flexibility index (Phi) is 6.46. The van der Waals surface area contributed by atoms with Gasteiger partial charge in [0, 0.05) is 25.4 Å². The van der Waals surface area contributed by atoms with Gasteiger partial charge in [-0.15, -0.1) is 0 Å². The van der Waals surface area contributed by atoms with Gasteiger partial charge in [-0.05, 0) is 6.92 Å². The van der Waals surface area contributed by atoms with Crippen LogP contribution in [0.4, 0.5) is 0 Å². The summed E-state index contributed by atoms with van der Waals surface area (Å²) in [5, 5.41) is 2.86. The van der Waals surface area contributed by atoms with Crippen molar-refractivity contribution in [1.82, 2.24) is 10.0 Å². The van der Waals surface area contributed by atoms with Crippen molar-refractivity contribution < 1.29 is 16.8 Å². The van der Waals surface area contributed by atoms with Crippen LogP contribution in [-0.4, -0.2) is 53.7 Å². The highest BCUT2D eigenvalue weighted by molar-refractivity contribution is 7.90. The van der Waals surface area contributed by atoms with Crippen molar-refractivity contribution in [3.63, 3.8) is 0 Å². The minimum absolute atomic E-state index is 0.00819. The van der Waals surface area contributed by atoms with E-state index in [0.29, 0.717) is 6.54 Å². The van der Waals surface area contributed by atoms with Crippen LogP contribution in [0.15, 0.2) is 0 Å². The molecule has 0 fully saturated rings. The Morgan fingerprint density at radius 2 is 1.75 bits per heavy atom. The summed E-state index contributed by atoms with van der Waals surface area (Å²) in [6, 6.07) is -0.244. The molecule has 1 atom stereocenters. The van der Waals surface area contributed by atoms with Crippen LogP contribution in [0.5, 0.6) is 0 Å². The van der Waals surface area contributed by atoms with E-state index in [2.05, 4.69) is 10.0 Å². The molecule has 0 rings (SSSR count). The zero-order valence-corrected chi connectivity index (χ0v) is 11.5. The maximum atomic E-state index is 11.2. The van der Waals surface area contributed by atoms with Crippen LogP contribution in [0, 0.1) is 0 Å². The molecule has 98 valence electrons. The normalized spacial score (nSPS) is 14.9. The highest BCUT2D eigenvalue weighted by atomic mass is 32.2. The average molecular weight is 272 g/mol. The molecule has 0 aliphatic heterocycles. The lowest BCUT2D eigenvalue weighted by atomic mass is 10.4. The Balaban J connectivity index is 3.91. The van der Waals surface area contributed by atoms with Crippen LogP contribution in [-0.2, 0) is 19.9 Å². The smallest absolute Gasteiger partial charge is 0.212 e. The first kappa shape index (κ1) is 15.8. The molecule has 0 saturated heterocycles. The number of hydrogen-bond acceptors (Lipinski definition) is 5. The van der Waals surface area contributed by atoms with Crippen molar-refractivity contribution in [3.8, 4) is 0 Å². The van der Waals surface area contributed by atoms with Gasteiger partial charge in [0.15, 0.2) is 0 Å². The fourth-order valence-corrected chi connectivity index (χ4v) is 3.24. The fraction of sp³-hybridized carbons (Fsp3) is 1.00. The Hall–Kier alpha value is -0.180. The average Bonchev–Trinajstić information content (AvgIpc) is 1.99. The summed E-state index contributed by atoms with van der Waals surface area (Å²) in [6.45, 7) is 4.02. The van der Waals surface area contributed by atoms with Crippen molar-refractivity contribution in [2.24, 2.45) is 0 Å². The van der Waals surface area contributed by atoms with E-state index in [1.54, 1.807) is 13.8 Å². The molecule has 2 N–H and O–H groups in total. The number of sulfone groups is 1. The van der Waals surface area contributed by atoms with Crippen LogP contribution in [0.3, 0.4) is 0 Å². The van der Waals surface area contributed by atoms with E-state index in [1.807, 2.05) is 0 Å². The van der Waals surface area contributed by atoms with Gasteiger partial charge in [-0.25, -0.2) is 21.6 Å². The van der Waals surface area contributed by atoms with E-state index < -0.39 is 19.9 Å². The molecule has 0 bridgehead atoms. The summed E-state index contributed by atoms with van der Waals surface area (Å²) in [5.74, 6) is -0.0385. The first-order chi connectivity index (χ1) is 7.16. The Bertz CT molecular complexity index is 388. The molecular weight excluding hydrogens is 252 g/mol. The van der Waals surface area contributed by atoms with E-state index in [0.717, 1.165) is 6.26 Å². The molecule has 0 amide bonds. The molecule has 8 heteroatoms. The monoisotopic (exact) mass is 272 g/mol. The van der Waals surface area contributed by atoms with Crippen molar-refractivity contribution in [2.45, 2.75) is 19.9 Å². The quantitative estimate of drug-likeness (QED) is 0.588. The van der Waals surface area contributed by atoms with Gasteiger partial charge >= 0.3 is 0 Å². The second-order valence-corrected chi connectivity index (χ2v) is 7.88. The van der Waals surface area contributed by atoms with Crippen molar-refractivity contribution in [1.29, 1.82) is 0 Å². The van der Waals surface area contributed by atoms with Gasteiger partial charge < -0.3 is 5.32 Å². The standard InChI is InChI=1S/C8H20N2O4S2/c1-4-10-16(13,14)6-5-9-8(2)7-15(3,11)12/h8-10H,4-7H2,1-3H3. The van der Waals surface area contributed by atoms with Gasteiger partial charge in [0.2, 0.25) is 10.0 Å². The molecular formula is C8H20N2O4S2. The third kappa shape index (κ3) is 9.08. The van der Waals surface area contributed by atoms with Gasteiger partial charge in [-0.1, -0.05) is 6.92 Å². The predicted molar refractivity (Wildman–Crippen MR) is 64.6 cm³/mol. The van der Waals surface area contributed by atoms with Gasteiger partial charge in [-0.3, -0.25) is 0 Å². The molecule has 0 aliphatic carbocycles. The summed E-state index contributed by atoms with van der Waals surface area (Å²) in [6.07, 6.45) is 1.15. The zero-order valence-electron chi connectivity index (χ0n) is 9.86. The zero-order chi connectivity index (χ0) is 12.8. The molecule has 1 unspecified atom stereocenters. The molecule has 0 radical (unpaired) electrons. The molecule has 16 heavy (non-hydrogen) atoms. The van der Waals surface area contributed by atoms with Crippen molar-refractivity contribution in [3.05, 3.63) is 0 Å². The Morgan fingerprint density at radius 3 is 2.19 bits per heavy atom. The summed E-state index contributed by atoms with van der Waals surface area (Å²) in [4.78, 5) is 0. The fourth-order valence-electron chi connectivity index (χ4n) is 1.24. The topological polar surface area (TPSA) is 92.3 Å². The lowest BCUT2D eigenvalue weighted by molar-refractivity contribution is 0.560. The molecule has 0 aromatic heterocycles. The molecule has 0 aromatic rings. The van der Waals surface area contributed by atoms with Crippen molar-refractivity contribution >= 4 is 19.9 Å². The second kappa shape index (κ2) is 6.53. The van der Waals surface area contributed by atoms with Gasteiger partial charge in [0.05, 0.1) is 11.5 Å². The largest absolute Gasteiger partial charge is 0.312 e. The lowest BCUT2D eigenvalue weighted by Crippen LogP contribution is -2.38. The van der Waals surface area contributed by atoms with Crippen LogP contribution in [0.25, 0.3) is 0 Å². The first-order valence-corrected chi connectivity index (χ1v) is 8.76. The number of rotatable bonds is 8. The molecule has 6 nitrogen and oxygen atoms in total. The molecule has 0 aromatic carbocycles. The predicted octanol–water partition coefficient (Wildman–Crippen LogP) is -1.05. The number of hydrogen-bond donors (Lipinski definition) is 2. The van der Waals surface area contributed by atoms with Crippen LogP contribution < -0.4 is 10.0 Å². The third-order valence-corrected chi connectivity index (χ3v) is 4.36. The van der Waals surface area contributed by atoms with E-state index in [9.17, 15) is 16.8 Å². The Labute approximate surface area is 97.8 Å². The number of nitrogens with one attached hydrogen (secondary N) is 2. The summed E-state index contributed by atoms with van der Waals surface area (Å²) in [7, 11) is -6.26. The SMILES string of the molecule is CCNS(=O)(=O)CCNC(C)CS(C)(=O)=O. The van der Waals surface area contributed by atoms with Gasteiger partial charge in [0.25, 0.3) is 0 Å². The second-order valence-electron chi connectivity index (χ2n) is 3.76.